The molecule has 0 amide bonds. The average Bonchev–Trinajstić information content (AvgIpc) is 2.72. The molecule has 0 aliphatic rings. The Morgan fingerprint density at radius 2 is 1.62 bits per heavy atom. The zero-order chi connectivity index (χ0) is 20.6. The number of anilines is 1. The minimum atomic E-state index is -0.794. The van der Waals surface area contributed by atoms with E-state index in [1.54, 1.807) is 55.5 Å². The number of ether oxygens (including phenoxy) is 2. The van der Waals surface area contributed by atoms with Crippen LogP contribution in [-0.4, -0.2) is 12.1 Å². The van der Waals surface area contributed by atoms with Crippen LogP contribution in [-0.2, 0) is 16.2 Å². The molecule has 29 heavy (non-hydrogen) atoms. The molecule has 3 aromatic carbocycles. The van der Waals surface area contributed by atoms with Crippen LogP contribution in [0.15, 0.2) is 72.8 Å². The van der Waals surface area contributed by atoms with Crippen LogP contribution >= 0.6 is 23.2 Å². The van der Waals surface area contributed by atoms with E-state index >= 15 is 0 Å². The summed E-state index contributed by atoms with van der Waals surface area (Å²) in [7, 11) is 0. The highest BCUT2D eigenvalue weighted by atomic mass is 35.5. The van der Waals surface area contributed by atoms with Crippen molar-refractivity contribution in [2.75, 3.05) is 5.48 Å². The van der Waals surface area contributed by atoms with Crippen molar-refractivity contribution in [1.29, 1.82) is 0 Å². The third-order valence-electron chi connectivity index (χ3n) is 3.88. The third-order valence-corrected chi connectivity index (χ3v) is 4.37. The van der Waals surface area contributed by atoms with Gasteiger partial charge in [0.05, 0.1) is 5.69 Å². The SMILES string of the molecule is CC(Oc1ccc(COc2ccc(Cl)cc2)cc1)C(=O)ONc1cccc(Cl)c1. The largest absolute Gasteiger partial charge is 0.489 e. The molecule has 0 bridgehead atoms. The maximum absolute atomic E-state index is 12.1. The van der Waals surface area contributed by atoms with E-state index in [1.807, 2.05) is 24.3 Å². The number of nitrogens with one attached hydrogen (secondary N) is 1. The fraction of sp³-hybridized carbons (Fsp3) is 0.136. The van der Waals surface area contributed by atoms with Gasteiger partial charge in [0.2, 0.25) is 0 Å². The van der Waals surface area contributed by atoms with Crippen LogP contribution in [0.25, 0.3) is 0 Å². The summed E-state index contributed by atoms with van der Waals surface area (Å²) in [5.41, 5.74) is 4.09. The lowest BCUT2D eigenvalue weighted by Crippen LogP contribution is -2.28. The lowest BCUT2D eigenvalue weighted by Gasteiger charge is -2.15. The quantitative estimate of drug-likeness (QED) is 0.449. The van der Waals surface area contributed by atoms with Gasteiger partial charge in [0.1, 0.15) is 18.1 Å². The van der Waals surface area contributed by atoms with E-state index in [0.717, 1.165) is 11.3 Å². The Bertz CT molecular complexity index is 946. The van der Waals surface area contributed by atoms with E-state index in [1.165, 1.54) is 0 Å². The Morgan fingerprint density at radius 3 is 2.31 bits per heavy atom. The Labute approximate surface area is 179 Å². The maximum Gasteiger partial charge on any atom is 0.371 e. The normalized spacial score (nSPS) is 11.4. The number of carbonyl (C=O) groups excluding carboxylic acids is 1. The summed E-state index contributed by atoms with van der Waals surface area (Å²) < 4.78 is 11.3. The van der Waals surface area contributed by atoms with E-state index < -0.39 is 12.1 Å². The molecule has 0 spiro atoms. The van der Waals surface area contributed by atoms with Crippen molar-refractivity contribution in [1.82, 2.24) is 0 Å². The van der Waals surface area contributed by atoms with Gasteiger partial charge in [0.15, 0.2) is 6.10 Å². The highest BCUT2D eigenvalue weighted by Crippen LogP contribution is 2.19. The molecule has 0 saturated carbocycles. The van der Waals surface area contributed by atoms with Crippen LogP contribution in [0.5, 0.6) is 11.5 Å². The summed E-state index contributed by atoms with van der Waals surface area (Å²) in [4.78, 5) is 17.1. The zero-order valence-electron chi connectivity index (χ0n) is 15.6. The second kappa shape index (κ2) is 10.0. The Kier molecular flexibility index (Phi) is 7.22. The first-order valence-electron chi connectivity index (χ1n) is 8.86. The second-order valence-electron chi connectivity index (χ2n) is 6.18. The summed E-state index contributed by atoms with van der Waals surface area (Å²) in [5.74, 6) is 0.728. The average molecular weight is 432 g/mol. The van der Waals surface area contributed by atoms with Crippen molar-refractivity contribution in [2.24, 2.45) is 0 Å². The second-order valence-corrected chi connectivity index (χ2v) is 7.05. The van der Waals surface area contributed by atoms with Crippen molar-refractivity contribution < 1.29 is 19.1 Å². The van der Waals surface area contributed by atoms with Crippen molar-refractivity contribution in [3.8, 4) is 11.5 Å². The monoisotopic (exact) mass is 431 g/mol. The van der Waals surface area contributed by atoms with Gasteiger partial charge in [-0.3, -0.25) is 0 Å². The van der Waals surface area contributed by atoms with Crippen LogP contribution in [0, 0.1) is 0 Å². The molecule has 0 aromatic heterocycles. The van der Waals surface area contributed by atoms with Crippen LogP contribution in [0.1, 0.15) is 12.5 Å². The smallest absolute Gasteiger partial charge is 0.371 e. The van der Waals surface area contributed by atoms with E-state index in [-0.39, 0.29) is 0 Å². The van der Waals surface area contributed by atoms with E-state index in [9.17, 15) is 4.79 Å². The first-order chi connectivity index (χ1) is 14.0. The van der Waals surface area contributed by atoms with Gasteiger partial charge in [-0.1, -0.05) is 41.4 Å². The van der Waals surface area contributed by atoms with Crippen molar-refractivity contribution in [3.63, 3.8) is 0 Å². The summed E-state index contributed by atoms with van der Waals surface area (Å²) in [6.45, 7) is 2.02. The van der Waals surface area contributed by atoms with Gasteiger partial charge in [-0.05, 0) is 67.1 Å². The van der Waals surface area contributed by atoms with Crippen LogP contribution in [0.4, 0.5) is 5.69 Å². The number of benzene rings is 3. The molecule has 150 valence electrons. The van der Waals surface area contributed by atoms with Crippen LogP contribution < -0.4 is 15.0 Å². The van der Waals surface area contributed by atoms with Crippen molar-refractivity contribution in [2.45, 2.75) is 19.6 Å². The van der Waals surface area contributed by atoms with Gasteiger partial charge < -0.3 is 14.3 Å². The molecule has 0 radical (unpaired) electrons. The van der Waals surface area contributed by atoms with E-state index in [2.05, 4.69) is 5.48 Å². The Morgan fingerprint density at radius 1 is 0.931 bits per heavy atom. The summed E-state index contributed by atoms with van der Waals surface area (Å²) in [6.07, 6.45) is -0.794. The van der Waals surface area contributed by atoms with Crippen molar-refractivity contribution in [3.05, 3.63) is 88.4 Å². The molecule has 3 aromatic rings. The minimum absolute atomic E-state index is 0.406. The van der Waals surface area contributed by atoms with Crippen molar-refractivity contribution >= 4 is 34.9 Å². The number of carbonyl (C=O) groups is 1. The lowest BCUT2D eigenvalue weighted by atomic mass is 10.2. The Balaban J connectivity index is 1.46. The fourth-order valence-electron chi connectivity index (χ4n) is 2.36. The predicted octanol–water partition coefficient (Wildman–Crippen LogP) is 5.91. The molecule has 0 saturated heterocycles. The molecule has 5 nitrogen and oxygen atoms in total. The number of hydrogen-bond donors (Lipinski definition) is 1. The predicted molar refractivity (Wildman–Crippen MR) is 113 cm³/mol. The maximum atomic E-state index is 12.1. The molecule has 0 aliphatic heterocycles. The first kappa shape index (κ1) is 20.8. The minimum Gasteiger partial charge on any atom is -0.489 e. The molecule has 1 atom stereocenters. The summed E-state index contributed by atoms with van der Waals surface area (Å²) in [6, 6.07) is 21.3. The first-order valence-corrected chi connectivity index (χ1v) is 9.61. The highest BCUT2D eigenvalue weighted by Gasteiger charge is 2.17. The van der Waals surface area contributed by atoms with Gasteiger partial charge >= 0.3 is 5.97 Å². The molecule has 1 N–H and O–H groups in total. The highest BCUT2D eigenvalue weighted by molar-refractivity contribution is 6.31. The van der Waals surface area contributed by atoms with E-state index in [0.29, 0.717) is 28.1 Å². The number of hydrogen-bond acceptors (Lipinski definition) is 5. The van der Waals surface area contributed by atoms with Gasteiger partial charge in [-0.2, -0.15) is 0 Å². The van der Waals surface area contributed by atoms with E-state index in [4.69, 9.17) is 37.5 Å². The lowest BCUT2D eigenvalue weighted by molar-refractivity contribution is -0.148. The van der Waals surface area contributed by atoms with Crippen LogP contribution in [0.3, 0.4) is 0 Å². The molecule has 7 heteroatoms. The molecule has 1 unspecified atom stereocenters. The van der Waals surface area contributed by atoms with Gasteiger partial charge in [-0.25, -0.2) is 10.3 Å². The Hall–Kier alpha value is -2.89. The molecular weight excluding hydrogens is 413 g/mol. The molecule has 0 aliphatic carbocycles. The summed E-state index contributed by atoms with van der Waals surface area (Å²) in [5, 5.41) is 1.20. The van der Waals surface area contributed by atoms with Crippen LogP contribution in [0.2, 0.25) is 10.0 Å². The summed E-state index contributed by atoms with van der Waals surface area (Å²) >= 11 is 11.7. The number of halogens is 2. The molecule has 0 fully saturated rings. The topological polar surface area (TPSA) is 56.8 Å². The molecule has 3 rings (SSSR count). The van der Waals surface area contributed by atoms with Gasteiger partial charge in [0.25, 0.3) is 0 Å². The molecule has 0 heterocycles. The van der Waals surface area contributed by atoms with Gasteiger partial charge in [-0.15, -0.1) is 0 Å². The third kappa shape index (κ3) is 6.59. The standard InChI is InChI=1S/C22H19Cl2NO4/c1-15(22(26)29-25-19-4-2-3-18(24)13-19)28-21-9-5-16(6-10-21)14-27-20-11-7-17(23)8-12-20/h2-13,15,25H,14H2,1H3. The van der Waals surface area contributed by atoms with Gasteiger partial charge in [0, 0.05) is 10.0 Å². The number of rotatable bonds is 8. The fourth-order valence-corrected chi connectivity index (χ4v) is 2.67. The zero-order valence-corrected chi connectivity index (χ0v) is 17.1. The molecular formula is C22H19Cl2NO4.